The van der Waals surface area contributed by atoms with Crippen molar-refractivity contribution < 1.29 is 17.9 Å². The fraction of sp³-hybridized carbons (Fsp3) is 0.278. The van der Waals surface area contributed by atoms with Gasteiger partial charge in [-0.25, -0.2) is 8.42 Å². The standard InChI is InChI=1S/C18H21N3O4S/c22-18(12-16-13-25-10-9-19-16)20-15-7-4-8-17(11-15)26(23,24)21-14-5-2-1-3-6-14/h1-8,11,16,19,21H,9-10,12-13H2,(H,20,22). The average molecular weight is 375 g/mol. The maximum absolute atomic E-state index is 12.5. The number of amides is 1. The maximum atomic E-state index is 12.5. The van der Waals surface area contributed by atoms with Crippen LogP contribution in [0.4, 0.5) is 11.4 Å². The van der Waals surface area contributed by atoms with Crippen molar-refractivity contribution in [2.45, 2.75) is 17.4 Å². The molecule has 1 heterocycles. The van der Waals surface area contributed by atoms with Gasteiger partial charge in [-0.15, -0.1) is 0 Å². The lowest BCUT2D eigenvalue weighted by Gasteiger charge is -2.23. The van der Waals surface area contributed by atoms with Gasteiger partial charge in [-0.2, -0.15) is 0 Å². The van der Waals surface area contributed by atoms with E-state index in [1.54, 1.807) is 42.5 Å². The van der Waals surface area contributed by atoms with Crippen LogP contribution in [0, 0.1) is 0 Å². The van der Waals surface area contributed by atoms with Crippen LogP contribution in [0.5, 0.6) is 0 Å². The highest BCUT2D eigenvalue weighted by molar-refractivity contribution is 7.92. The predicted molar refractivity (Wildman–Crippen MR) is 99.5 cm³/mol. The van der Waals surface area contributed by atoms with E-state index in [4.69, 9.17) is 4.74 Å². The number of morpholine rings is 1. The van der Waals surface area contributed by atoms with Crippen LogP contribution in [-0.4, -0.2) is 40.1 Å². The van der Waals surface area contributed by atoms with Crippen molar-refractivity contribution in [2.75, 3.05) is 29.8 Å². The molecule has 8 heteroatoms. The normalized spacial score (nSPS) is 17.5. The fourth-order valence-corrected chi connectivity index (χ4v) is 3.75. The van der Waals surface area contributed by atoms with E-state index in [2.05, 4.69) is 15.4 Å². The minimum atomic E-state index is -3.73. The van der Waals surface area contributed by atoms with E-state index in [1.807, 2.05) is 0 Å². The van der Waals surface area contributed by atoms with E-state index >= 15 is 0 Å². The maximum Gasteiger partial charge on any atom is 0.261 e. The summed E-state index contributed by atoms with van der Waals surface area (Å²) >= 11 is 0. The van der Waals surface area contributed by atoms with Crippen LogP contribution in [0.3, 0.4) is 0 Å². The molecule has 0 saturated carbocycles. The lowest BCUT2D eigenvalue weighted by Crippen LogP contribution is -2.43. The Labute approximate surface area is 152 Å². The van der Waals surface area contributed by atoms with Gasteiger partial charge in [0.05, 0.1) is 18.1 Å². The number of ether oxygens (including phenoxy) is 1. The predicted octanol–water partition coefficient (Wildman–Crippen LogP) is 1.80. The summed E-state index contributed by atoms with van der Waals surface area (Å²) in [6.45, 7) is 1.85. The molecule has 2 aromatic rings. The lowest BCUT2D eigenvalue weighted by molar-refractivity contribution is -0.117. The first-order chi connectivity index (χ1) is 12.5. The van der Waals surface area contributed by atoms with E-state index < -0.39 is 10.0 Å². The summed E-state index contributed by atoms with van der Waals surface area (Å²) in [7, 11) is -3.73. The van der Waals surface area contributed by atoms with Crippen molar-refractivity contribution in [3.63, 3.8) is 0 Å². The second-order valence-corrected chi connectivity index (χ2v) is 7.66. The van der Waals surface area contributed by atoms with Crippen LogP contribution in [0.1, 0.15) is 6.42 Å². The smallest absolute Gasteiger partial charge is 0.261 e. The topological polar surface area (TPSA) is 96.5 Å². The molecule has 1 saturated heterocycles. The van der Waals surface area contributed by atoms with Crippen LogP contribution in [-0.2, 0) is 19.6 Å². The number of sulfonamides is 1. The van der Waals surface area contributed by atoms with E-state index in [1.165, 1.54) is 12.1 Å². The molecule has 0 aromatic heterocycles. The van der Waals surface area contributed by atoms with E-state index in [-0.39, 0.29) is 23.3 Å². The van der Waals surface area contributed by atoms with Crippen LogP contribution in [0.2, 0.25) is 0 Å². The minimum Gasteiger partial charge on any atom is -0.378 e. The number of hydrogen-bond acceptors (Lipinski definition) is 5. The first-order valence-corrected chi connectivity index (χ1v) is 9.80. The van der Waals surface area contributed by atoms with E-state index in [0.29, 0.717) is 24.6 Å². The molecule has 3 rings (SSSR count). The second-order valence-electron chi connectivity index (χ2n) is 5.98. The fourth-order valence-electron chi connectivity index (χ4n) is 2.65. The molecule has 0 aliphatic carbocycles. The van der Waals surface area contributed by atoms with E-state index in [9.17, 15) is 13.2 Å². The molecule has 1 aliphatic heterocycles. The molecular weight excluding hydrogens is 354 g/mol. The zero-order chi connectivity index (χ0) is 18.4. The Morgan fingerprint density at radius 2 is 1.88 bits per heavy atom. The van der Waals surface area contributed by atoms with Crippen molar-refractivity contribution in [3.05, 3.63) is 54.6 Å². The number of benzene rings is 2. The summed E-state index contributed by atoms with van der Waals surface area (Å²) in [6, 6.07) is 14.8. The first kappa shape index (κ1) is 18.4. The van der Waals surface area contributed by atoms with Crippen LogP contribution < -0.4 is 15.4 Å². The van der Waals surface area contributed by atoms with E-state index in [0.717, 1.165) is 6.54 Å². The molecule has 1 atom stereocenters. The third-order valence-corrected chi connectivity index (χ3v) is 5.26. The van der Waals surface area contributed by atoms with Crippen LogP contribution in [0.15, 0.2) is 59.5 Å². The number of hydrogen-bond donors (Lipinski definition) is 3. The molecule has 138 valence electrons. The third kappa shape index (κ3) is 5.04. The van der Waals surface area contributed by atoms with Crippen molar-refractivity contribution in [2.24, 2.45) is 0 Å². The Morgan fingerprint density at radius 3 is 2.62 bits per heavy atom. The number of para-hydroxylation sites is 1. The summed E-state index contributed by atoms with van der Waals surface area (Å²) in [6.07, 6.45) is 0.263. The zero-order valence-corrected chi connectivity index (χ0v) is 15.0. The Morgan fingerprint density at radius 1 is 1.12 bits per heavy atom. The van der Waals surface area contributed by atoms with Gasteiger partial charge in [-0.05, 0) is 30.3 Å². The van der Waals surface area contributed by atoms with Crippen LogP contribution in [0.25, 0.3) is 0 Å². The van der Waals surface area contributed by atoms with Crippen molar-refractivity contribution in [1.29, 1.82) is 0 Å². The van der Waals surface area contributed by atoms with Gasteiger partial charge in [0.1, 0.15) is 0 Å². The summed E-state index contributed by atoms with van der Waals surface area (Å²) < 4.78 is 32.8. The van der Waals surface area contributed by atoms with Crippen molar-refractivity contribution >= 4 is 27.3 Å². The molecule has 1 unspecified atom stereocenters. The average Bonchev–Trinajstić information content (AvgIpc) is 2.63. The second kappa shape index (κ2) is 8.31. The lowest BCUT2D eigenvalue weighted by atomic mass is 10.2. The van der Waals surface area contributed by atoms with Gasteiger partial charge >= 0.3 is 0 Å². The van der Waals surface area contributed by atoms with Crippen LogP contribution >= 0.6 is 0 Å². The molecule has 26 heavy (non-hydrogen) atoms. The number of carbonyl (C=O) groups is 1. The first-order valence-electron chi connectivity index (χ1n) is 8.32. The highest BCUT2D eigenvalue weighted by Crippen LogP contribution is 2.19. The molecule has 3 N–H and O–H groups in total. The minimum absolute atomic E-state index is 0.0320. The van der Waals surface area contributed by atoms with Gasteiger partial charge in [0, 0.05) is 30.4 Å². The molecule has 0 bridgehead atoms. The molecule has 2 aromatic carbocycles. The van der Waals surface area contributed by atoms with Crippen molar-refractivity contribution in [3.8, 4) is 0 Å². The largest absolute Gasteiger partial charge is 0.378 e. The van der Waals surface area contributed by atoms with Gasteiger partial charge in [-0.1, -0.05) is 24.3 Å². The summed E-state index contributed by atoms with van der Waals surface area (Å²) in [5, 5.41) is 5.95. The Balaban J connectivity index is 1.66. The van der Waals surface area contributed by atoms with Gasteiger partial charge in [0.2, 0.25) is 5.91 Å². The van der Waals surface area contributed by atoms with Crippen molar-refractivity contribution in [1.82, 2.24) is 5.32 Å². The Kier molecular flexibility index (Phi) is 5.87. The highest BCUT2D eigenvalue weighted by atomic mass is 32.2. The van der Waals surface area contributed by atoms with Gasteiger partial charge in [0.25, 0.3) is 10.0 Å². The Bertz CT molecular complexity index is 850. The van der Waals surface area contributed by atoms with Gasteiger partial charge < -0.3 is 15.4 Å². The third-order valence-electron chi connectivity index (χ3n) is 3.88. The molecular formula is C18H21N3O4S. The summed E-state index contributed by atoms with van der Waals surface area (Å²) in [4.78, 5) is 12.2. The molecule has 1 amide bonds. The number of anilines is 2. The number of nitrogens with one attached hydrogen (secondary N) is 3. The number of rotatable bonds is 6. The van der Waals surface area contributed by atoms with Gasteiger partial charge in [-0.3, -0.25) is 9.52 Å². The molecule has 7 nitrogen and oxygen atoms in total. The summed E-state index contributed by atoms with van der Waals surface area (Å²) in [5.74, 6) is -0.196. The zero-order valence-electron chi connectivity index (χ0n) is 14.1. The van der Waals surface area contributed by atoms with Gasteiger partial charge in [0.15, 0.2) is 0 Å². The number of carbonyl (C=O) groups excluding carboxylic acids is 1. The quantitative estimate of drug-likeness (QED) is 0.715. The summed E-state index contributed by atoms with van der Waals surface area (Å²) in [5.41, 5.74) is 0.910. The SMILES string of the molecule is O=C(CC1COCCN1)Nc1cccc(S(=O)(=O)Nc2ccccc2)c1. The highest BCUT2D eigenvalue weighted by Gasteiger charge is 2.18. The molecule has 0 spiro atoms. The molecule has 1 aliphatic rings. The Hall–Kier alpha value is -2.42. The molecule has 0 radical (unpaired) electrons. The monoisotopic (exact) mass is 375 g/mol. The molecule has 1 fully saturated rings.